The summed E-state index contributed by atoms with van der Waals surface area (Å²) in [5.74, 6) is 0.883. The van der Waals surface area contributed by atoms with E-state index in [4.69, 9.17) is 9.97 Å². The predicted molar refractivity (Wildman–Crippen MR) is 268 cm³/mol. The van der Waals surface area contributed by atoms with Gasteiger partial charge >= 0.3 is 0 Å². The number of hydrogen-bond acceptors (Lipinski definition) is 2. The number of benzene rings is 8. The second-order valence-corrected chi connectivity index (χ2v) is 16.3. The molecule has 64 heavy (non-hydrogen) atoms. The predicted octanol–water partition coefficient (Wildman–Crippen LogP) is 15.6. The highest BCUT2D eigenvalue weighted by Gasteiger charge is 2.19. The van der Waals surface area contributed by atoms with Crippen LogP contribution in [0.4, 0.5) is 0 Å². The highest BCUT2D eigenvalue weighted by atomic mass is 15.1. The van der Waals surface area contributed by atoms with Crippen LogP contribution >= 0.6 is 0 Å². The van der Waals surface area contributed by atoms with Crippen LogP contribution in [0.3, 0.4) is 0 Å². The molecule has 0 radical (unpaired) electrons. The highest BCUT2D eigenvalue weighted by Crippen LogP contribution is 2.40. The summed E-state index contributed by atoms with van der Waals surface area (Å²) >= 11 is 0. The van der Waals surface area contributed by atoms with Crippen molar-refractivity contribution in [2.45, 2.75) is 0 Å². The van der Waals surface area contributed by atoms with Crippen LogP contribution in [-0.2, 0) is 0 Å². The zero-order valence-electron chi connectivity index (χ0n) is 34.9. The number of pyridine rings is 2. The van der Waals surface area contributed by atoms with Gasteiger partial charge in [0.05, 0.1) is 44.8 Å². The van der Waals surface area contributed by atoms with Crippen molar-refractivity contribution in [2.75, 3.05) is 0 Å². The molecule has 0 amide bonds. The minimum atomic E-state index is 0.883. The molecule has 4 heterocycles. The molecule has 4 nitrogen and oxygen atoms in total. The number of rotatable bonds is 8. The first-order valence-corrected chi connectivity index (χ1v) is 21.7. The van der Waals surface area contributed by atoms with Crippen molar-refractivity contribution in [3.8, 4) is 67.5 Å². The fraction of sp³-hybridized carbons (Fsp3) is 0. The molecule has 0 atom stereocenters. The van der Waals surface area contributed by atoms with E-state index in [9.17, 15) is 0 Å². The number of nitrogens with zero attached hydrogens (tertiary/aromatic N) is 4. The molecule has 4 aromatic heterocycles. The molecule has 0 aliphatic rings. The highest BCUT2D eigenvalue weighted by molar-refractivity contribution is 6.13. The minimum absolute atomic E-state index is 0.883. The molecule has 8 aromatic carbocycles. The Morgan fingerprint density at radius 3 is 1.34 bits per heavy atom. The molecule has 0 bridgehead atoms. The van der Waals surface area contributed by atoms with Crippen LogP contribution in [0.2, 0.25) is 0 Å². The summed E-state index contributed by atoms with van der Waals surface area (Å²) in [6.45, 7) is 4.13. The molecule has 0 spiro atoms. The van der Waals surface area contributed by atoms with Crippen molar-refractivity contribution >= 4 is 49.7 Å². The average molecular weight is 817 g/mol. The van der Waals surface area contributed by atoms with E-state index in [2.05, 4.69) is 228 Å². The van der Waals surface area contributed by atoms with Gasteiger partial charge in [0.1, 0.15) is 5.82 Å². The van der Waals surface area contributed by atoms with Crippen molar-refractivity contribution in [3.05, 3.63) is 237 Å². The maximum atomic E-state index is 5.35. The molecular weight excluding hydrogens is 777 g/mol. The number of hydrogen-bond donors (Lipinski definition) is 0. The lowest BCUT2D eigenvalue weighted by molar-refractivity contribution is 1.08. The van der Waals surface area contributed by atoms with E-state index in [1.165, 1.54) is 21.5 Å². The van der Waals surface area contributed by atoms with Gasteiger partial charge in [0, 0.05) is 38.2 Å². The SMILES string of the molecule is C=Cc1ccc2c(c1)c1cc(-c3ccc4c(c3)c3ccccc3n4-c3cc(-c4ccccc4)cc(-c4ccccc4)n3)ccc1n2-c1cc(-c2ccccc2)nc(-c2ccccc2)c1. The zero-order valence-corrected chi connectivity index (χ0v) is 34.9. The molecule has 12 aromatic rings. The monoisotopic (exact) mass is 816 g/mol. The van der Waals surface area contributed by atoms with Gasteiger partial charge < -0.3 is 4.57 Å². The fourth-order valence-corrected chi connectivity index (χ4v) is 9.37. The van der Waals surface area contributed by atoms with Crippen LogP contribution in [0.1, 0.15) is 5.56 Å². The second kappa shape index (κ2) is 15.4. The summed E-state index contributed by atoms with van der Waals surface area (Å²) in [6, 6.07) is 79.9. The fourth-order valence-electron chi connectivity index (χ4n) is 9.37. The van der Waals surface area contributed by atoms with Gasteiger partial charge in [0.25, 0.3) is 0 Å². The van der Waals surface area contributed by atoms with Crippen LogP contribution < -0.4 is 0 Å². The molecule has 0 unspecified atom stereocenters. The Morgan fingerprint density at radius 2 is 0.766 bits per heavy atom. The average Bonchev–Trinajstić information content (AvgIpc) is 3.89. The molecule has 0 saturated carbocycles. The van der Waals surface area contributed by atoms with E-state index in [0.29, 0.717) is 0 Å². The first-order chi connectivity index (χ1) is 31.7. The number of fused-ring (bicyclic) bond motifs is 6. The summed E-state index contributed by atoms with van der Waals surface area (Å²) in [6.07, 6.45) is 1.93. The molecule has 0 aliphatic heterocycles. The van der Waals surface area contributed by atoms with E-state index in [-0.39, 0.29) is 0 Å². The van der Waals surface area contributed by atoms with Crippen molar-refractivity contribution in [3.63, 3.8) is 0 Å². The van der Waals surface area contributed by atoms with Gasteiger partial charge in [-0.2, -0.15) is 0 Å². The minimum Gasteiger partial charge on any atom is -0.309 e. The third-order valence-electron chi connectivity index (χ3n) is 12.5. The topological polar surface area (TPSA) is 35.6 Å². The molecule has 0 N–H and O–H groups in total. The third kappa shape index (κ3) is 6.40. The smallest absolute Gasteiger partial charge is 0.138 e. The lowest BCUT2D eigenvalue weighted by atomic mass is 10.00. The lowest BCUT2D eigenvalue weighted by Gasteiger charge is -2.13. The number of para-hydroxylation sites is 1. The quantitative estimate of drug-likeness (QED) is 0.153. The van der Waals surface area contributed by atoms with Gasteiger partial charge in [-0.3, -0.25) is 4.57 Å². The van der Waals surface area contributed by atoms with Gasteiger partial charge in [0.2, 0.25) is 0 Å². The van der Waals surface area contributed by atoms with E-state index < -0.39 is 0 Å². The molecule has 0 saturated heterocycles. The molecule has 4 heteroatoms. The van der Waals surface area contributed by atoms with E-state index in [1.54, 1.807) is 0 Å². The van der Waals surface area contributed by atoms with Crippen LogP contribution in [0.5, 0.6) is 0 Å². The van der Waals surface area contributed by atoms with Gasteiger partial charge in [0.15, 0.2) is 0 Å². The summed E-state index contributed by atoms with van der Waals surface area (Å²) in [4.78, 5) is 10.5. The van der Waals surface area contributed by atoms with Crippen molar-refractivity contribution in [1.29, 1.82) is 0 Å². The second-order valence-electron chi connectivity index (χ2n) is 16.3. The van der Waals surface area contributed by atoms with Crippen LogP contribution in [0, 0.1) is 0 Å². The van der Waals surface area contributed by atoms with E-state index in [0.717, 1.165) is 95.2 Å². The molecule has 0 aliphatic carbocycles. The Morgan fingerprint density at radius 1 is 0.312 bits per heavy atom. The summed E-state index contributed by atoms with van der Waals surface area (Å²) in [7, 11) is 0. The molecular formula is C60H40N4. The van der Waals surface area contributed by atoms with Gasteiger partial charge in [-0.05, 0) is 94.5 Å². The number of aromatic nitrogens is 4. The first-order valence-electron chi connectivity index (χ1n) is 21.7. The maximum absolute atomic E-state index is 5.35. The van der Waals surface area contributed by atoms with Crippen molar-refractivity contribution in [2.24, 2.45) is 0 Å². The Bertz CT molecular complexity index is 3600. The van der Waals surface area contributed by atoms with Crippen LogP contribution in [0.15, 0.2) is 231 Å². The van der Waals surface area contributed by atoms with Crippen LogP contribution in [-0.4, -0.2) is 19.1 Å². The van der Waals surface area contributed by atoms with E-state index >= 15 is 0 Å². The largest absolute Gasteiger partial charge is 0.309 e. The van der Waals surface area contributed by atoms with Crippen LogP contribution in [0.25, 0.3) is 117 Å². The Kier molecular flexibility index (Phi) is 8.94. The van der Waals surface area contributed by atoms with E-state index in [1.807, 2.05) is 18.2 Å². The summed E-state index contributed by atoms with van der Waals surface area (Å²) in [5, 5.41) is 4.71. The first kappa shape index (κ1) is 37.2. The standard InChI is InChI=1S/C60H40N4/c1-2-40-27-30-57-50(33-40)52-35-46(28-31-58(52)63(57)48-38-54(43-21-11-5-12-22-43)61-55(39-48)44-23-13-6-14-24-44)45-29-32-59-51(34-45)49-25-15-16-26-56(49)64(59)60-37-47(41-17-7-3-8-18-41)36-53(62-60)42-19-9-4-10-20-42/h2-39H,1H2. The summed E-state index contributed by atoms with van der Waals surface area (Å²) < 4.78 is 4.71. The van der Waals surface area contributed by atoms with Gasteiger partial charge in [-0.15, -0.1) is 0 Å². The summed E-state index contributed by atoms with van der Waals surface area (Å²) in [5.41, 5.74) is 17.2. The maximum Gasteiger partial charge on any atom is 0.138 e. The van der Waals surface area contributed by atoms with Gasteiger partial charge in [-0.25, -0.2) is 9.97 Å². The molecule has 12 rings (SSSR count). The zero-order chi connectivity index (χ0) is 42.6. The Balaban J connectivity index is 1.04. The molecule has 0 fully saturated rings. The van der Waals surface area contributed by atoms with Gasteiger partial charge in [-0.1, -0.05) is 170 Å². The normalized spacial score (nSPS) is 11.5. The Labute approximate surface area is 371 Å². The lowest BCUT2D eigenvalue weighted by Crippen LogP contribution is -2.00. The van der Waals surface area contributed by atoms with Crippen molar-refractivity contribution < 1.29 is 0 Å². The molecule has 300 valence electrons. The Hall–Kier alpha value is -8.60. The van der Waals surface area contributed by atoms with Crippen molar-refractivity contribution in [1.82, 2.24) is 19.1 Å². The third-order valence-corrected chi connectivity index (χ3v) is 12.5.